The lowest BCUT2D eigenvalue weighted by Crippen LogP contribution is -2.01. The number of hydrogen-bond acceptors (Lipinski definition) is 3. The standard InChI is InChI=1S/C16H15N3/c1-11-6-12(2)8-14(7-11)16(18)15(9-17)13-4-3-5-19-10-13/h3-8,10H,18H2,1-2H3/b16-15+. The van der Waals surface area contributed by atoms with Crippen molar-refractivity contribution < 1.29 is 0 Å². The van der Waals surface area contributed by atoms with Gasteiger partial charge in [-0.15, -0.1) is 0 Å². The van der Waals surface area contributed by atoms with Crippen molar-refractivity contribution in [3.8, 4) is 6.07 Å². The van der Waals surface area contributed by atoms with Gasteiger partial charge in [-0.3, -0.25) is 4.98 Å². The maximum Gasteiger partial charge on any atom is 0.102 e. The number of hydrogen-bond donors (Lipinski definition) is 1. The number of nitrogens with two attached hydrogens (primary N) is 1. The van der Waals surface area contributed by atoms with E-state index in [0.717, 1.165) is 22.3 Å². The summed E-state index contributed by atoms with van der Waals surface area (Å²) < 4.78 is 0. The van der Waals surface area contributed by atoms with Crippen molar-refractivity contribution >= 4 is 11.3 Å². The van der Waals surface area contributed by atoms with Crippen LogP contribution in [0, 0.1) is 25.2 Å². The van der Waals surface area contributed by atoms with Crippen LogP contribution >= 0.6 is 0 Å². The lowest BCUT2D eigenvalue weighted by Gasteiger charge is -2.08. The molecule has 0 saturated heterocycles. The zero-order chi connectivity index (χ0) is 13.8. The highest BCUT2D eigenvalue weighted by Crippen LogP contribution is 2.23. The van der Waals surface area contributed by atoms with Crippen molar-refractivity contribution in [2.45, 2.75) is 13.8 Å². The Kier molecular flexibility index (Phi) is 3.63. The molecule has 0 aliphatic rings. The minimum Gasteiger partial charge on any atom is -0.397 e. The molecule has 0 aliphatic heterocycles. The summed E-state index contributed by atoms with van der Waals surface area (Å²) in [6.45, 7) is 4.03. The number of rotatable bonds is 2. The molecule has 1 aromatic carbocycles. The predicted molar refractivity (Wildman–Crippen MR) is 76.8 cm³/mol. The van der Waals surface area contributed by atoms with Crippen molar-refractivity contribution in [3.05, 3.63) is 65.0 Å². The van der Waals surface area contributed by atoms with Gasteiger partial charge in [-0.25, -0.2) is 0 Å². The molecule has 3 nitrogen and oxygen atoms in total. The largest absolute Gasteiger partial charge is 0.397 e. The highest BCUT2D eigenvalue weighted by atomic mass is 14.6. The molecule has 2 N–H and O–H groups in total. The summed E-state index contributed by atoms with van der Waals surface area (Å²) in [5.41, 5.74) is 11.0. The molecule has 0 saturated carbocycles. The molecule has 19 heavy (non-hydrogen) atoms. The molecule has 0 radical (unpaired) electrons. The first-order chi connectivity index (χ1) is 9.11. The predicted octanol–water partition coefficient (Wildman–Crippen LogP) is 3.05. The van der Waals surface area contributed by atoms with E-state index in [1.165, 1.54) is 0 Å². The highest BCUT2D eigenvalue weighted by Gasteiger charge is 2.09. The topological polar surface area (TPSA) is 62.7 Å². The molecule has 0 fully saturated rings. The number of benzene rings is 1. The monoisotopic (exact) mass is 249 g/mol. The Morgan fingerprint density at radius 2 is 1.84 bits per heavy atom. The molecule has 2 rings (SSSR count). The summed E-state index contributed by atoms with van der Waals surface area (Å²) in [6.07, 6.45) is 3.32. The Labute approximate surface area is 113 Å². The van der Waals surface area contributed by atoms with E-state index in [-0.39, 0.29) is 0 Å². The summed E-state index contributed by atoms with van der Waals surface area (Å²) in [5, 5.41) is 9.33. The van der Waals surface area contributed by atoms with E-state index in [1.54, 1.807) is 18.5 Å². The van der Waals surface area contributed by atoms with Crippen molar-refractivity contribution in [2.75, 3.05) is 0 Å². The van der Waals surface area contributed by atoms with E-state index in [0.29, 0.717) is 11.3 Å². The fourth-order valence-corrected chi connectivity index (χ4v) is 2.07. The molecule has 0 spiro atoms. The lowest BCUT2D eigenvalue weighted by atomic mass is 9.99. The van der Waals surface area contributed by atoms with Crippen LogP contribution in [0.4, 0.5) is 0 Å². The Hall–Kier alpha value is -2.60. The van der Waals surface area contributed by atoms with Gasteiger partial charge in [0.15, 0.2) is 0 Å². The molecule has 0 atom stereocenters. The maximum absolute atomic E-state index is 9.33. The van der Waals surface area contributed by atoms with Crippen LogP contribution in [0.5, 0.6) is 0 Å². The summed E-state index contributed by atoms with van der Waals surface area (Å²) >= 11 is 0. The molecule has 2 aromatic rings. The van der Waals surface area contributed by atoms with E-state index in [1.807, 2.05) is 32.0 Å². The minimum absolute atomic E-state index is 0.457. The van der Waals surface area contributed by atoms with E-state index in [9.17, 15) is 5.26 Å². The second kappa shape index (κ2) is 5.36. The van der Waals surface area contributed by atoms with E-state index in [2.05, 4.69) is 17.1 Å². The minimum atomic E-state index is 0.457. The van der Waals surface area contributed by atoms with E-state index in [4.69, 9.17) is 5.73 Å². The van der Waals surface area contributed by atoms with E-state index < -0.39 is 0 Å². The fraction of sp³-hybridized carbons (Fsp3) is 0.125. The lowest BCUT2D eigenvalue weighted by molar-refractivity contribution is 1.31. The number of allylic oxidation sites excluding steroid dienone is 1. The number of aryl methyl sites for hydroxylation is 2. The van der Waals surface area contributed by atoms with Crippen LogP contribution in [0.3, 0.4) is 0 Å². The van der Waals surface area contributed by atoms with Gasteiger partial charge in [0.2, 0.25) is 0 Å². The first-order valence-corrected chi connectivity index (χ1v) is 6.00. The molecule has 0 aliphatic carbocycles. The normalized spacial score (nSPS) is 11.6. The van der Waals surface area contributed by atoms with Gasteiger partial charge in [0.05, 0.1) is 11.3 Å². The molecule has 1 heterocycles. The number of nitrogens with zero attached hydrogens (tertiary/aromatic N) is 2. The first-order valence-electron chi connectivity index (χ1n) is 6.00. The van der Waals surface area contributed by atoms with Gasteiger partial charge in [0, 0.05) is 18.0 Å². The fourth-order valence-electron chi connectivity index (χ4n) is 2.07. The molecule has 94 valence electrons. The van der Waals surface area contributed by atoms with Gasteiger partial charge in [0.25, 0.3) is 0 Å². The van der Waals surface area contributed by atoms with Crippen LogP contribution in [0.2, 0.25) is 0 Å². The molecular weight excluding hydrogens is 234 g/mol. The summed E-state index contributed by atoms with van der Waals surface area (Å²) in [6, 6.07) is 11.8. The van der Waals surface area contributed by atoms with Crippen molar-refractivity contribution in [2.24, 2.45) is 5.73 Å². The summed E-state index contributed by atoms with van der Waals surface area (Å²) in [4.78, 5) is 4.02. The highest BCUT2D eigenvalue weighted by molar-refractivity contribution is 5.95. The van der Waals surface area contributed by atoms with Crippen LogP contribution in [-0.4, -0.2) is 4.98 Å². The van der Waals surface area contributed by atoms with Crippen LogP contribution in [0.1, 0.15) is 22.3 Å². The number of aromatic nitrogens is 1. The third-order valence-electron chi connectivity index (χ3n) is 2.86. The molecule has 0 bridgehead atoms. The summed E-state index contributed by atoms with van der Waals surface area (Å²) in [7, 11) is 0. The van der Waals surface area contributed by atoms with Gasteiger partial charge in [-0.2, -0.15) is 5.26 Å². The zero-order valence-corrected chi connectivity index (χ0v) is 11.0. The van der Waals surface area contributed by atoms with Gasteiger partial charge < -0.3 is 5.73 Å². The number of pyridine rings is 1. The Bertz CT molecular complexity index is 644. The van der Waals surface area contributed by atoms with Crippen molar-refractivity contribution in [1.82, 2.24) is 4.98 Å². The Balaban J connectivity index is 2.59. The molecule has 1 aromatic heterocycles. The SMILES string of the molecule is Cc1cc(C)cc(/C(N)=C(/C#N)c2cccnc2)c1. The molecule has 0 unspecified atom stereocenters. The molecular formula is C16H15N3. The van der Waals surface area contributed by atoms with Crippen LogP contribution in [0.25, 0.3) is 11.3 Å². The van der Waals surface area contributed by atoms with Gasteiger partial charge in [0.1, 0.15) is 6.07 Å². The molecule has 0 amide bonds. The van der Waals surface area contributed by atoms with Crippen LogP contribution in [0.15, 0.2) is 42.7 Å². The smallest absolute Gasteiger partial charge is 0.102 e. The molecule has 3 heteroatoms. The van der Waals surface area contributed by atoms with Gasteiger partial charge >= 0.3 is 0 Å². The van der Waals surface area contributed by atoms with Crippen molar-refractivity contribution in [1.29, 1.82) is 5.26 Å². The third kappa shape index (κ3) is 2.80. The number of nitriles is 1. The zero-order valence-electron chi connectivity index (χ0n) is 11.0. The quantitative estimate of drug-likeness (QED) is 0.832. The van der Waals surface area contributed by atoms with E-state index >= 15 is 0 Å². The third-order valence-corrected chi connectivity index (χ3v) is 2.86. The average Bonchev–Trinajstić information content (AvgIpc) is 2.39. The maximum atomic E-state index is 9.33. The van der Waals surface area contributed by atoms with Gasteiger partial charge in [-0.1, -0.05) is 23.3 Å². The Morgan fingerprint density at radius 3 is 2.37 bits per heavy atom. The van der Waals surface area contributed by atoms with Crippen LogP contribution < -0.4 is 5.73 Å². The van der Waals surface area contributed by atoms with Crippen molar-refractivity contribution in [3.63, 3.8) is 0 Å². The van der Waals surface area contributed by atoms with Crippen LogP contribution in [-0.2, 0) is 0 Å². The Morgan fingerprint density at radius 1 is 1.16 bits per heavy atom. The second-order valence-electron chi connectivity index (χ2n) is 4.52. The second-order valence-corrected chi connectivity index (χ2v) is 4.52. The summed E-state index contributed by atoms with van der Waals surface area (Å²) in [5.74, 6) is 0. The average molecular weight is 249 g/mol. The van der Waals surface area contributed by atoms with Gasteiger partial charge in [-0.05, 0) is 37.6 Å². The first kappa shape index (κ1) is 12.8.